The van der Waals surface area contributed by atoms with Crippen LogP contribution in [-0.2, 0) is 9.53 Å². The molecule has 1 aromatic heterocycles. The minimum absolute atomic E-state index is 0.0883. The van der Waals surface area contributed by atoms with Crippen LogP contribution in [0.1, 0.15) is 57.6 Å². The summed E-state index contributed by atoms with van der Waals surface area (Å²) < 4.78 is 16.5. The van der Waals surface area contributed by atoms with Gasteiger partial charge in [-0.25, -0.2) is 9.97 Å². The number of carbonyl (C=O) groups excluding carboxylic acids is 1. The molecule has 0 aliphatic carbocycles. The average Bonchev–Trinajstić information content (AvgIpc) is 2.84. The van der Waals surface area contributed by atoms with Crippen molar-refractivity contribution >= 4 is 22.7 Å². The van der Waals surface area contributed by atoms with Crippen molar-refractivity contribution in [1.82, 2.24) is 9.97 Å². The molecule has 3 rings (SSSR count). The van der Waals surface area contributed by atoms with Gasteiger partial charge in [-0.05, 0) is 38.3 Å². The molecule has 0 aliphatic rings. The molecule has 3 aromatic rings. The van der Waals surface area contributed by atoms with Crippen LogP contribution in [0, 0.1) is 0 Å². The van der Waals surface area contributed by atoms with Gasteiger partial charge in [0.25, 0.3) is 0 Å². The van der Waals surface area contributed by atoms with Gasteiger partial charge in [-0.2, -0.15) is 0 Å². The number of carbonyl (C=O) groups is 1. The Labute approximate surface area is 195 Å². The molecule has 0 saturated carbocycles. The third kappa shape index (κ3) is 7.07. The zero-order chi connectivity index (χ0) is 23.5. The number of fused-ring (bicyclic) bond motifs is 1. The summed E-state index contributed by atoms with van der Waals surface area (Å²) in [5.74, 6) is 1.94. The molecule has 0 aliphatic heterocycles. The highest BCUT2D eigenvalue weighted by atomic mass is 16.5. The second-order valence-electron chi connectivity index (χ2n) is 7.84. The van der Waals surface area contributed by atoms with Crippen LogP contribution >= 0.6 is 0 Å². The molecule has 1 heterocycles. The van der Waals surface area contributed by atoms with Crippen molar-refractivity contribution in [3.05, 3.63) is 54.4 Å². The smallest absolute Gasteiger partial charge is 0.305 e. The highest BCUT2D eigenvalue weighted by Crippen LogP contribution is 2.35. The van der Waals surface area contributed by atoms with Crippen molar-refractivity contribution < 1.29 is 19.0 Å². The van der Waals surface area contributed by atoms with Crippen molar-refractivity contribution in [2.75, 3.05) is 25.6 Å². The molecule has 0 bridgehead atoms. The average molecular weight is 452 g/mol. The van der Waals surface area contributed by atoms with Gasteiger partial charge in [-0.3, -0.25) is 4.79 Å². The maximum Gasteiger partial charge on any atom is 0.305 e. The number of unbranched alkanes of at least 4 members (excludes halogenated alkanes) is 3. The first kappa shape index (κ1) is 24.3. The van der Waals surface area contributed by atoms with Gasteiger partial charge in [0.15, 0.2) is 11.5 Å². The van der Waals surface area contributed by atoms with E-state index in [1.165, 1.54) is 5.56 Å². The predicted molar refractivity (Wildman–Crippen MR) is 130 cm³/mol. The second kappa shape index (κ2) is 12.6. The molecule has 2 aromatic carbocycles. The molecule has 0 amide bonds. The van der Waals surface area contributed by atoms with E-state index in [0.717, 1.165) is 42.4 Å². The van der Waals surface area contributed by atoms with E-state index in [1.807, 2.05) is 37.3 Å². The number of nitrogens with zero attached hydrogens (tertiary/aromatic N) is 2. The summed E-state index contributed by atoms with van der Waals surface area (Å²) in [4.78, 5) is 20.3. The fraction of sp³-hybridized carbons (Fsp3) is 0.423. The van der Waals surface area contributed by atoms with Crippen LogP contribution in [-0.4, -0.2) is 36.3 Å². The van der Waals surface area contributed by atoms with Gasteiger partial charge in [-0.15, -0.1) is 0 Å². The number of rotatable bonds is 13. The number of hydrogen-bond acceptors (Lipinski definition) is 7. The van der Waals surface area contributed by atoms with Gasteiger partial charge < -0.3 is 19.5 Å². The van der Waals surface area contributed by atoms with E-state index >= 15 is 0 Å². The van der Waals surface area contributed by atoms with Crippen LogP contribution in [0.2, 0.25) is 0 Å². The lowest BCUT2D eigenvalue weighted by atomic mass is 10.1. The van der Waals surface area contributed by atoms with E-state index in [9.17, 15) is 4.79 Å². The molecular weight excluding hydrogens is 418 g/mol. The number of nitrogens with one attached hydrogen (secondary N) is 1. The number of anilines is 1. The fourth-order valence-electron chi connectivity index (χ4n) is 3.62. The van der Waals surface area contributed by atoms with Crippen molar-refractivity contribution in [1.29, 1.82) is 0 Å². The molecule has 7 heteroatoms. The van der Waals surface area contributed by atoms with Gasteiger partial charge in [0.2, 0.25) is 0 Å². The first-order valence-electron chi connectivity index (χ1n) is 11.5. The second-order valence-corrected chi connectivity index (χ2v) is 7.84. The third-order valence-electron chi connectivity index (χ3n) is 5.41. The highest BCUT2D eigenvalue weighted by Gasteiger charge is 2.14. The number of hydrogen-bond donors (Lipinski definition) is 1. The van der Waals surface area contributed by atoms with E-state index in [2.05, 4.69) is 34.3 Å². The van der Waals surface area contributed by atoms with E-state index in [4.69, 9.17) is 14.2 Å². The minimum atomic E-state index is -0.122. The SMILES string of the molecule is CCOC(=O)CCCCCCOc1cc2c(N[C@H](C)c3ccccc3)ncnc2cc1OC. The lowest BCUT2D eigenvalue weighted by molar-refractivity contribution is -0.143. The molecule has 7 nitrogen and oxygen atoms in total. The van der Waals surface area contributed by atoms with Crippen molar-refractivity contribution in [3.63, 3.8) is 0 Å². The first-order chi connectivity index (χ1) is 16.1. The summed E-state index contributed by atoms with van der Waals surface area (Å²) in [7, 11) is 1.63. The molecule has 1 N–H and O–H groups in total. The zero-order valence-electron chi connectivity index (χ0n) is 19.7. The Morgan fingerprint density at radius 2 is 1.82 bits per heavy atom. The number of ether oxygens (including phenoxy) is 3. The minimum Gasteiger partial charge on any atom is -0.493 e. The number of aromatic nitrogens is 2. The van der Waals surface area contributed by atoms with Crippen molar-refractivity contribution in [2.24, 2.45) is 0 Å². The van der Waals surface area contributed by atoms with Crippen LogP contribution in [0.5, 0.6) is 11.5 Å². The zero-order valence-corrected chi connectivity index (χ0v) is 19.7. The van der Waals surface area contributed by atoms with E-state index in [0.29, 0.717) is 31.1 Å². The van der Waals surface area contributed by atoms with Crippen LogP contribution in [0.3, 0.4) is 0 Å². The topological polar surface area (TPSA) is 82.6 Å². The lowest BCUT2D eigenvalue weighted by Crippen LogP contribution is -2.08. The Morgan fingerprint density at radius 1 is 1.03 bits per heavy atom. The summed E-state index contributed by atoms with van der Waals surface area (Å²) >= 11 is 0. The number of benzene rings is 2. The first-order valence-corrected chi connectivity index (χ1v) is 11.5. The van der Waals surface area contributed by atoms with E-state index in [1.54, 1.807) is 13.4 Å². The van der Waals surface area contributed by atoms with E-state index < -0.39 is 0 Å². The normalized spacial score (nSPS) is 11.7. The summed E-state index contributed by atoms with van der Waals surface area (Å²) in [5.41, 5.74) is 1.97. The van der Waals surface area contributed by atoms with Gasteiger partial charge in [0, 0.05) is 23.9 Å². The van der Waals surface area contributed by atoms with Crippen molar-refractivity contribution in [2.45, 2.75) is 52.0 Å². The molecule has 0 saturated heterocycles. The molecule has 176 valence electrons. The van der Waals surface area contributed by atoms with Crippen LogP contribution < -0.4 is 14.8 Å². The summed E-state index contributed by atoms with van der Waals surface area (Å²) in [6.45, 7) is 4.93. The Kier molecular flexibility index (Phi) is 9.30. The summed E-state index contributed by atoms with van der Waals surface area (Å²) in [6, 6.07) is 14.1. The maximum absolute atomic E-state index is 11.4. The Balaban J connectivity index is 1.62. The Morgan fingerprint density at radius 3 is 2.58 bits per heavy atom. The van der Waals surface area contributed by atoms with Crippen molar-refractivity contribution in [3.8, 4) is 11.5 Å². The quantitative estimate of drug-likeness (QED) is 0.263. The van der Waals surface area contributed by atoms with Gasteiger partial charge in [0.1, 0.15) is 12.1 Å². The number of esters is 1. The molecule has 0 fully saturated rings. The Hall–Kier alpha value is -3.35. The maximum atomic E-state index is 11.4. The van der Waals surface area contributed by atoms with Crippen LogP contribution in [0.15, 0.2) is 48.8 Å². The molecule has 1 atom stereocenters. The fourth-order valence-corrected chi connectivity index (χ4v) is 3.62. The molecular formula is C26H33N3O4. The van der Waals surface area contributed by atoms with Crippen LogP contribution in [0.25, 0.3) is 10.9 Å². The van der Waals surface area contributed by atoms with Gasteiger partial charge in [0.05, 0.1) is 25.8 Å². The largest absolute Gasteiger partial charge is 0.493 e. The highest BCUT2D eigenvalue weighted by molar-refractivity contribution is 5.91. The lowest BCUT2D eigenvalue weighted by Gasteiger charge is -2.17. The molecule has 33 heavy (non-hydrogen) atoms. The summed E-state index contributed by atoms with van der Waals surface area (Å²) in [5, 5.41) is 4.37. The van der Waals surface area contributed by atoms with Gasteiger partial charge >= 0.3 is 5.97 Å². The number of methoxy groups -OCH3 is 1. The Bertz CT molecular complexity index is 1030. The third-order valence-corrected chi connectivity index (χ3v) is 5.41. The predicted octanol–water partition coefficient (Wildman–Crippen LogP) is 5.70. The molecule has 0 radical (unpaired) electrons. The van der Waals surface area contributed by atoms with Gasteiger partial charge in [-0.1, -0.05) is 43.2 Å². The monoisotopic (exact) mass is 451 g/mol. The van der Waals surface area contributed by atoms with E-state index in [-0.39, 0.29) is 12.0 Å². The standard InChI is InChI=1S/C26H33N3O4/c1-4-32-25(30)14-10-5-6-11-15-33-24-16-21-22(17-23(24)31-3)27-18-28-26(21)29-19(2)20-12-8-7-9-13-20/h7-9,12-13,16-19H,4-6,10-11,14-15H2,1-3H3,(H,27,28,29)/t19-/m1/s1. The van der Waals surface area contributed by atoms with Crippen LogP contribution in [0.4, 0.5) is 5.82 Å². The summed E-state index contributed by atoms with van der Waals surface area (Å²) in [6.07, 6.45) is 5.72. The molecule has 0 unspecified atom stereocenters. The molecule has 0 spiro atoms.